The smallest absolute Gasteiger partial charge is 0.253 e. The number of ether oxygens (including phenoxy) is 1. The minimum Gasteiger partial charge on any atom is -0.370 e. The molecule has 1 fully saturated rings. The number of hydrogen-bond donors (Lipinski definition) is 0. The third-order valence-corrected chi connectivity index (χ3v) is 5.54. The first-order valence-corrected chi connectivity index (χ1v) is 9.64. The van der Waals surface area contributed by atoms with Crippen molar-refractivity contribution in [2.24, 2.45) is 0 Å². The van der Waals surface area contributed by atoms with E-state index in [4.69, 9.17) is 4.74 Å². The summed E-state index contributed by atoms with van der Waals surface area (Å²) in [7, 11) is 3.83. The molecule has 144 valence electrons. The Hall–Kier alpha value is -2.17. The van der Waals surface area contributed by atoms with E-state index >= 15 is 0 Å². The first-order valence-electron chi connectivity index (χ1n) is 9.64. The predicted octanol–water partition coefficient (Wildman–Crippen LogP) is 3.69. The maximum atomic E-state index is 13.1. The van der Waals surface area contributed by atoms with Crippen LogP contribution in [0.5, 0.6) is 0 Å². The molecule has 1 unspecified atom stereocenters. The second-order valence-electron chi connectivity index (χ2n) is 7.68. The van der Waals surface area contributed by atoms with Gasteiger partial charge in [0.15, 0.2) is 0 Å². The van der Waals surface area contributed by atoms with Crippen LogP contribution in [0.2, 0.25) is 0 Å². The summed E-state index contributed by atoms with van der Waals surface area (Å²) in [6.07, 6.45) is 11.3. The molecular weight excluding hydrogens is 336 g/mol. The van der Waals surface area contributed by atoms with E-state index in [0.717, 1.165) is 54.9 Å². The molecule has 4 heteroatoms. The van der Waals surface area contributed by atoms with Crippen LogP contribution < -0.4 is 0 Å². The molecule has 4 nitrogen and oxygen atoms in total. The molecule has 1 heterocycles. The third kappa shape index (κ3) is 4.57. The number of hydrogen-bond acceptors (Lipinski definition) is 3. The Kier molecular flexibility index (Phi) is 5.98. The van der Waals surface area contributed by atoms with Gasteiger partial charge in [0.1, 0.15) is 5.60 Å². The van der Waals surface area contributed by atoms with Gasteiger partial charge in [0.2, 0.25) is 0 Å². The molecule has 0 radical (unpaired) electrons. The van der Waals surface area contributed by atoms with Crippen LogP contribution in [0.1, 0.15) is 34.8 Å². The number of amides is 1. The number of allylic oxidation sites excluding steroid dienone is 4. The summed E-state index contributed by atoms with van der Waals surface area (Å²) in [5.41, 5.74) is 3.70. The molecule has 1 amide bonds. The quantitative estimate of drug-likeness (QED) is 0.818. The minimum atomic E-state index is -0.405. The van der Waals surface area contributed by atoms with Crippen LogP contribution in [-0.2, 0) is 4.74 Å². The van der Waals surface area contributed by atoms with E-state index in [-0.39, 0.29) is 5.91 Å². The summed E-state index contributed by atoms with van der Waals surface area (Å²) in [6.45, 7) is 7.70. The number of aryl methyl sites for hydroxylation is 1. The monoisotopic (exact) mass is 366 g/mol. The van der Waals surface area contributed by atoms with Gasteiger partial charge in [0, 0.05) is 32.3 Å². The van der Waals surface area contributed by atoms with Crippen LogP contribution in [0, 0.1) is 6.92 Å². The molecule has 0 saturated carbocycles. The van der Waals surface area contributed by atoms with Crippen LogP contribution in [0.15, 0.2) is 48.6 Å². The second kappa shape index (κ2) is 8.24. The van der Waals surface area contributed by atoms with Crippen LogP contribution >= 0.6 is 0 Å². The van der Waals surface area contributed by atoms with Crippen molar-refractivity contribution in [3.05, 3.63) is 65.3 Å². The number of carbonyl (C=O) groups excluding carboxylic acids is 1. The van der Waals surface area contributed by atoms with Gasteiger partial charge in [-0.1, -0.05) is 24.3 Å². The highest BCUT2D eigenvalue weighted by Gasteiger charge is 2.21. The summed E-state index contributed by atoms with van der Waals surface area (Å²) in [6, 6.07) is 6.03. The highest BCUT2D eigenvalue weighted by molar-refractivity contribution is 5.96. The Balaban J connectivity index is 1.87. The highest BCUT2D eigenvalue weighted by Crippen LogP contribution is 2.27. The van der Waals surface area contributed by atoms with Crippen LogP contribution in [-0.4, -0.2) is 61.6 Å². The van der Waals surface area contributed by atoms with Gasteiger partial charge in [0.25, 0.3) is 5.91 Å². The van der Waals surface area contributed by atoms with Gasteiger partial charge >= 0.3 is 0 Å². The zero-order chi connectivity index (χ0) is 19.4. The molecule has 1 aromatic carbocycles. The number of nitrogens with zero attached hydrogens (tertiary/aromatic N) is 2. The molecule has 1 aliphatic heterocycles. The average molecular weight is 367 g/mol. The summed E-state index contributed by atoms with van der Waals surface area (Å²) in [5.74, 6) is 0.127. The Labute approximate surface area is 162 Å². The summed E-state index contributed by atoms with van der Waals surface area (Å²) in [4.78, 5) is 17.3. The van der Waals surface area contributed by atoms with E-state index in [1.807, 2.05) is 42.2 Å². The maximum Gasteiger partial charge on any atom is 0.253 e. The van der Waals surface area contributed by atoms with Gasteiger partial charge in [-0.2, -0.15) is 0 Å². The van der Waals surface area contributed by atoms with Crippen molar-refractivity contribution in [2.45, 2.75) is 25.9 Å². The number of rotatable bonds is 3. The predicted molar refractivity (Wildman–Crippen MR) is 111 cm³/mol. The van der Waals surface area contributed by atoms with Crippen LogP contribution in [0.4, 0.5) is 0 Å². The number of carbonyl (C=O) groups is 1. The van der Waals surface area contributed by atoms with Crippen molar-refractivity contribution in [3.63, 3.8) is 0 Å². The molecule has 0 bridgehead atoms. The van der Waals surface area contributed by atoms with Gasteiger partial charge in [-0.25, -0.2) is 0 Å². The number of benzene rings is 1. The van der Waals surface area contributed by atoms with Crippen molar-refractivity contribution in [3.8, 4) is 0 Å². The van der Waals surface area contributed by atoms with Gasteiger partial charge in [-0.05, 0) is 74.8 Å². The van der Waals surface area contributed by atoms with E-state index in [1.54, 1.807) is 7.11 Å². The Morgan fingerprint density at radius 3 is 2.74 bits per heavy atom. The summed E-state index contributed by atoms with van der Waals surface area (Å²) in [5, 5.41) is 0. The molecule has 0 N–H and O–H groups in total. The maximum absolute atomic E-state index is 13.1. The number of methoxy groups -OCH3 is 1. The van der Waals surface area contributed by atoms with Gasteiger partial charge in [-0.3, -0.25) is 4.79 Å². The van der Waals surface area contributed by atoms with Gasteiger partial charge in [-0.15, -0.1) is 0 Å². The minimum absolute atomic E-state index is 0.127. The lowest BCUT2D eigenvalue weighted by Gasteiger charge is -2.21. The fourth-order valence-electron chi connectivity index (χ4n) is 3.52. The van der Waals surface area contributed by atoms with Gasteiger partial charge < -0.3 is 14.5 Å². The van der Waals surface area contributed by atoms with Crippen molar-refractivity contribution < 1.29 is 9.53 Å². The standard InChI is InChI=1S/C23H30N2O2/c1-18-8-9-20(22(26)25-14-6-13-24(3)15-16-25)17-21(18)19-7-5-11-23(2,27-4)12-10-19/h5,7-12,17H,6,13-16H2,1-4H3. The van der Waals surface area contributed by atoms with Crippen molar-refractivity contribution in [1.82, 2.24) is 9.80 Å². The molecule has 2 aliphatic rings. The first kappa shape index (κ1) is 19.6. The Morgan fingerprint density at radius 1 is 1.15 bits per heavy atom. The second-order valence-corrected chi connectivity index (χ2v) is 7.68. The lowest BCUT2D eigenvalue weighted by Crippen LogP contribution is -2.34. The fraction of sp³-hybridized carbons (Fsp3) is 0.435. The molecule has 27 heavy (non-hydrogen) atoms. The molecule has 1 saturated heterocycles. The van der Waals surface area contributed by atoms with Crippen molar-refractivity contribution >= 4 is 11.5 Å². The molecule has 1 atom stereocenters. The highest BCUT2D eigenvalue weighted by atomic mass is 16.5. The van der Waals surface area contributed by atoms with E-state index in [9.17, 15) is 4.79 Å². The average Bonchev–Trinajstić information content (AvgIpc) is 3.00. The molecule has 0 spiro atoms. The van der Waals surface area contributed by atoms with E-state index in [1.165, 1.54) is 0 Å². The van der Waals surface area contributed by atoms with Crippen LogP contribution in [0.25, 0.3) is 5.57 Å². The molecule has 3 rings (SSSR count). The largest absolute Gasteiger partial charge is 0.370 e. The van der Waals surface area contributed by atoms with Gasteiger partial charge in [0.05, 0.1) is 0 Å². The summed E-state index contributed by atoms with van der Waals surface area (Å²) < 4.78 is 5.56. The molecule has 0 aromatic heterocycles. The topological polar surface area (TPSA) is 32.8 Å². The van der Waals surface area contributed by atoms with E-state index < -0.39 is 5.60 Å². The van der Waals surface area contributed by atoms with Crippen LogP contribution in [0.3, 0.4) is 0 Å². The zero-order valence-electron chi connectivity index (χ0n) is 16.9. The molecular formula is C23H30N2O2. The van der Waals surface area contributed by atoms with E-state index in [0.29, 0.717) is 0 Å². The molecule has 1 aromatic rings. The fourth-order valence-corrected chi connectivity index (χ4v) is 3.52. The van der Waals surface area contributed by atoms with E-state index in [2.05, 4.69) is 37.1 Å². The summed E-state index contributed by atoms with van der Waals surface area (Å²) >= 11 is 0. The third-order valence-electron chi connectivity index (χ3n) is 5.54. The normalized spacial score (nSPS) is 23.7. The number of likely N-dealkylation sites (N-methyl/N-ethyl adjacent to an activating group) is 1. The SMILES string of the molecule is COC1(C)C=CC=C(c2cc(C(=O)N3CCCN(C)CC3)ccc2C)C=C1. The lowest BCUT2D eigenvalue weighted by atomic mass is 9.96. The lowest BCUT2D eigenvalue weighted by molar-refractivity contribution is 0.0762. The van der Waals surface area contributed by atoms with Crippen molar-refractivity contribution in [2.75, 3.05) is 40.3 Å². The van der Waals surface area contributed by atoms with Crippen molar-refractivity contribution in [1.29, 1.82) is 0 Å². The molecule has 1 aliphatic carbocycles. The zero-order valence-corrected chi connectivity index (χ0v) is 16.9. The Bertz CT molecular complexity index is 794. The Morgan fingerprint density at radius 2 is 1.96 bits per heavy atom. The first-order chi connectivity index (χ1) is 12.9.